The van der Waals surface area contributed by atoms with Gasteiger partial charge in [-0.25, -0.2) is 15.0 Å². The zero-order valence-electron chi connectivity index (χ0n) is 79.9. The summed E-state index contributed by atoms with van der Waals surface area (Å²) in [7, 11) is 0. The maximum absolute atomic E-state index is 5.26. The van der Waals surface area contributed by atoms with Gasteiger partial charge in [0.05, 0.1) is 67.3 Å². The molecule has 0 aliphatic carbocycles. The Hall–Kier alpha value is -17.2. The van der Waals surface area contributed by atoms with Crippen LogP contribution in [0.25, 0.3) is 217 Å². The molecule has 6 aromatic heterocycles. The third-order valence-corrected chi connectivity index (χ3v) is 26.9. The smallest absolute Gasteiger partial charge is 0.0715 e. The molecule has 0 saturated carbocycles. The Balaban J connectivity index is 0.000000120. The van der Waals surface area contributed by atoms with Gasteiger partial charge >= 0.3 is 0 Å². The van der Waals surface area contributed by atoms with Gasteiger partial charge in [-0.2, -0.15) is 0 Å². The summed E-state index contributed by atoms with van der Waals surface area (Å²) in [6, 6.07) is 163. The highest BCUT2D eigenvalue weighted by Crippen LogP contribution is 2.45. The number of rotatable bonds is 15. The number of pyridine rings is 3. The molecule has 0 amide bonds. The van der Waals surface area contributed by atoms with Crippen LogP contribution in [-0.4, -0.2) is 28.7 Å². The van der Waals surface area contributed by atoms with Crippen molar-refractivity contribution < 1.29 is 0 Å². The summed E-state index contributed by atoms with van der Waals surface area (Å²) in [6.45, 7) is 21.5. The Bertz CT molecular complexity index is 8500. The molecule has 666 valence electrons. The first-order valence-corrected chi connectivity index (χ1v) is 48.0. The fourth-order valence-electron chi connectivity index (χ4n) is 20.5. The van der Waals surface area contributed by atoms with Crippen LogP contribution in [0.3, 0.4) is 0 Å². The van der Waals surface area contributed by atoms with Gasteiger partial charge in [-0.1, -0.05) is 316 Å². The lowest BCUT2D eigenvalue weighted by Gasteiger charge is -2.13. The first kappa shape index (κ1) is 87.2. The molecular formula is C133H104N6. The minimum Gasteiger partial charge on any atom is -0.309 e. The zero-order chi connectivity index (χ0) is 94.5. The number of fused-ring (bicyclic) bond motifs is 9. The quantitative estimate of drug-likeness (QED) is 0.103. The molecule has 6 nitrogen and oxygen atoms in total. The van der Waals surface area contributed by atoms with Crippen LogP contribution >= 0.6 is 0 Å². The summed E-state index contributed by atoms with van der Waals surface area (Å²) < 4.78 is 7.15. The molecule has 0 aliphatic rings. The van der Waals surface area contributed by atoms with Crippen LogP contribution in [-0.2, 0) is 0 Å². The van der Waals surface area contributed by atoms with E-state index in [9.17, 15) is 0 Å². The first-order chi connectivity index (χ1) is 67.9. The summed E-state index contributed by atoms with van der Waals surface area (Å²) in [5.74, 6) is 0. The Labute approximate surface area is 813 Å². The van der Waals surface area contributed by atoms with Crippen molar-refractivity contribution in [3.63, 3.8) is 0 Å². The van der Waals surface area contributed by atoms with E-state index in [0.29, 0.717) is 0 Å². The number of aryl methyl sites for hydroxylation is 10. The average Bonchev–Trinajstić information content (AvgIpc) is 1.59. The molecule has 139 heavy (non-hydrogen) atoms. The van der Waals surface area contributed by atoms with Crippen molar-refractivity contribution in [2.75, 3.05) is 0 Å². The van der Waals surface area contributed by atoms with Gasteiger partial charge in [-0.15, -0.1) is 0 Å². The van der Waals surface area contributed by atoms with Crippen LogP contribution < -0.4 is 0 Å². The number of para-hydroxylation sites is 3. The monoisotopic (exact) mass is 1780 g/mol. The number of benzene rings is 18. The van der Waals surface area contributed by atoms with Crippen molar-refractivity contribution in [1.82, 2.24) is 28.7 Å². The summed E-state index contributed by atoms with van der Waals surface area (Å²) >= 11 is 0. The molecule has 0 bridgehead atoms. The normalized spacial score (nSPS) is 11.4. The van der Waals surface area contributed by atoms with E-state index in [1.165, 1.54) is 171 Å². The molecule has 6 heteroatoms. The molecule has 0 fully saturated rings. The van der Waals surface area contributed by atoms with E-state index in [1.54, 1.807) is 0 Å². The average molecular weight is 1790 g/mol. The molecule has 24 rings (SSSR count). The van der Waals surface area contributed by atoms with Crippen LogP contribution in [0.15, 0.2) is 449 Å². The summed E-state index contributed by atoms with van der Waals surface area (Å²) in [4.78, 5) is 15.7. The van der Waals surface area contributed by atoms with E-state index in [1.807, 2.05) is 0 Å². The van der Waals surface area contributed by atoms with E-state index in [4.69, 9.17) is 15.0 Å². The molecule has 0 unspecified atom stereocenters. The topological polar surface area (TPSA) is 53.5 Å². The highest BCUT2D eigenvalue weighted by atomic mass is 15.0. The summed E-state index contributed by atoms with van der Waals surface area (Å²) in [5, 5.41) is 7.43. The Morgan fingerprint density at radius 2 is 0.324 bits per heavy atom. The fourth-order valence-corrected chi connectivity index (χ4v) is 20.5. The SMILES string of the molecule is Cc1cc(C)cc(-c2cc(-c3ccc4c(c3)c3cc(-c5ccccc5)ccc3n4-c3ccccc3)cc(-c3cc(C)cc(C)c3)n2)c1.Cc1cc(C)cc(-c2cc(-c3ccc4c(c3)c3ccccc3n4-c3ccc(-c4ccccc4)cc3)cc(-c3cc(C)cc(C)c3)n2)c1.Cc1ccc(-c2cc(-c3ccc4c(c3)c3cc(-c5ccccc5)ccc3n4-c3ccccc3)cc(-c3ccc(C)cc3)n2)cc1. The van der Waals surface area contributed by atoms with Gasteiger partial charge in [-0.3, -0.25) is 0 Å². The third kappa shape index (κ3) is 17.9. The Kier molecular flexibility index (Phi) is 23.4. The molecule has 0 N–H and O–H groups in total. The van der Waals surface area contributed by atoms with Crippen molar-refractivity contribution in [2.24, 2.45) is 0 Å². The number of nitrogens with zero attached hydrogens (tertiary/aromatic N) is 6. The lowest BCUT2D eigenvalue weighted by atomic mass is 9.96. The highest BCUT2D eigenvalue weighted by molar-refractivity contribution is 6.14. The minimum atomic E-state index is 0.973. The van der Waals surface area contributed by atoms with Gasteiger partial charge in [-0.05, 0) is 324 Å². The van der Waals surface area contributed by atoms with Crippen LogP contribution in [0.2, 0.25) is 0 Å². The van der Waals surface area contributed by atoms with E-state index in [2.05, 4.69) is 532 Å². The lowest BCUT2D eigenvalue weighted by Crippen LogP contribution is -1.94. The number of hydrogen-bond donors (Lipinski definition) is 0. The van der Waals surface area contributed by atoms with Gasteiger partial charge < -0.3 is 13.7 Å². The lowest BCUT2D eigenvalue weighted by molar-refractivity contribution is 1.18. The third-order valence-electron chi connectivity index (χ3n) is 26.9. The van der Waals surface area contributed by atoms with Crippen LogP contribution in [0.5, 0.6) is 0 Å². The predicted octanol–water partition coefficient (Wildman–Crippen LogP) is 35.6. The van der Waals surface area contributed by atoms with Crippen molar-refractivity contribution in [3.05, 3.63) is 505 Å². The molecule has 24 aromatic rings. The van der Waals surface area contributed by atoms with Crippen molar-refractivity contribution >= 4 is 65.4 Å². The van der Waals surface area contributed by atoms with Crippen LogP contribution in [0.1, 0.15) is 55.6 Å². The van der Waals surface area contributed by atoms with Crippen molar-refractivity contribution in [2.45, 2.75) is 69.2 Å². The highest BCUT2D eigenvalue weighted by Gasteiger charge is 2.23. The predicted molar refractivity (Wildman–Crippen MR) is 588 cm³/mol. The second-order valence-electron chi connectivity index (χ2n) is 37.6. The van der Waals surface area contributed by atoms with Crippen molar-refractivity contribution in [3.8, 4) is 151 Å². The summed E-state index contributed by atoms with van der Waals surface area (Å²) in [5.41, 5.74) is 50.1. The van der Waals surface area contributed by atoms with Gasteiger partial charge in [0.2, 0.25) is 0 Å². The summed E-state index contributed by atoms with van der Waals surface area (Å²) in [6.07, 6.45) is 0. The van der Waals surface area contributed by atoms with Gasteiger partial charge in [0.25, 0.3) is 0 Å². The van der Waals surface area contributed by atoms with E-state index in [0.717, 1.165) is 101 Å². The molecule has 0 spiro atoms. The Morgan fingerprint density at radius 3 is 0.612 bits per heavy atom. The minimum absolute atomic E-state index is 0.973. The van der Waals surface area contributed by atoms with Crippen LogP contribution in [0, 0.1) is 69.2 Å². The van der Waals surface area contributed by atoms with Crippen LogP contribution in [0.4, 0.5) is 0 Å². The molecule has 0 radical (unpaired) electrons. The molecular weight excluding hydrogens is 1680 g/mol. The zero-order valence-corrected chi connectivity index (χ0v) is 79.9. The van der Waals surface area contributed by atoms with Crippen molar-refractivity contribution in [1.29, 1.82) is 0 Å². The molecule has 0 atom stereocenters. The maximum atomic E-state index is 5.26. The maximum Gasteiger partial charge on any atom is 0.0715 e. The van der Waals surface area contributed by atoms with Gasteiger partial charge in [0.15, 0.2) is 0 Å². The van der Waals surface area contributed by atoms with E-state index >= 15 is 0 Å². The van der Waals surface area contributed by atoms with E-state index in [-0.39, 0.29) is 0 Å². The Morgan fingerprint density at radius 1 is 0.122 bits per heavy atom. The van der Waals surface area contributed by atoms with Gasteiger partial charge in [0, 0.05) is 82.8 Å². The second kappa shape index (κ2) is 37.2. The number of hydrogen-bond acceptors (Lipinski definition) is 3. The molecule has 6 heterocycles. The number of aromatic nitrogens is 6. The van der Waals surface area contributed by atoms with E-state index < -0.39 is 0 Å². The largest absolute Gasteiger partial charge is 0.309 e. The second-order valence-corrected chi connectivity index (χ2v) is 37.6. The molecule has 18 aromatic carbocycles. The molecule has 0 saturated heterocycles. The first-order valence-electron chi connectivity index (χ1n) is 48.0. The van der Waals surface area contributed by atoms with Gasteiger partial charge in [0.1, 0.15) is 0 Å². The fraction of sp³-hybridized carbons (Fsp3) is 0.0752. The standard InChI is InChI=1S/2C45H36N2.C43H32N2/c1-29-19-30(2)22-37(21-29)42-27-36(28-43(46-42)38-23-31(3)20-32(4)24-38)35-16-18-45-41(26-35)40-25-34(33-11-7-5-8-12-33)15-17-44(40)47(45)39-13-9-6-10-14-39;1-29-20-30(2)23-37(22-29)42-27-36(28-43(46-42)38-24-31(3)21-32(4)25-38)35-16-19-45-41(26-35)40-12-8-9-13-44(40)47(45)39-17-14-34(15-18-39)33-10-6-5-7-11-33;1-29-13-17-32(18-14-29)40-27-36(28-41(44-40)33-19-15-30(2)16-20-33)35-22-24-43-39(26-35)38-25-34(31-9-5-3-6-10-31)21-23-42(38)45(43)37-11-7-4-8-12-37/h2*5-28H,1-4H3;3-28H,1-2H3. The molecule has 0 aliphatic heterocycles.